The molecule has 2 aromatic heterocycles. The van der Waals surface area contributed by atoms with E-state index in [1.807, 2.05) is 4.57 Å². The largest absolute Gasteiger partial charge is 0.411 e. The molecule has 0 amide bonds. The van der Waals surface area contributed by atoms with E-state index >= 15 is 0 Å². The summed E-state index contributed by atoms with van der Waals surface area (Å²) in [5, 5.41) is 11.5. The van der Waals surface area contributed by atoms with Gasteiger partial charge in [0.2, 0.25) is 0 Å². The summed E-state index contributed by atoms with van der Waals surface area (Å²) in [6, 6.07) is 1.47. The molecule has 8 nitrogen and oxygen atoms in total. The quantitative estimate of drug-likeness (QED) is 0.360. The van der Waals surface area contributed by atoms with Crippen molar-refractivity contribution in [2.75, 3.05) is 0 Å². The number of hydrogen-bond donors (Lipinski definition) is 1. The summed E-state index contributed by atoms with van der Waals surface area (Å²) in [6.07, 6.45) is 6.34. The van der Waals surface area contributed by atoms with Gasteiger partial charge in [-0.15, -0.1) is 0 Å². The van der Waals surface area contributed by atoms with Gasteiger partial charge >= 0.3 is 5.69 Å². The maximum atomic E-state index is 12.0. The first-order chi connectivity index (χ1) is 10.5. The highest BCUT2D eigenvalue weighted by atomic mass is 16.4. The molecule has 0 aromatic carbocycles. The van der Waals surface area contributed by atoms with Crippen LogP contribution in [0, 0.1) is 6.92 Å². The fourth-order valence-electron chi connectivity index (χ4n) is 2.29. The SMILES string of the molecule is Cc1cc(=O)n(C)c(=O)n1CCCCn1ccnc1/C=N/O. The molecule has 8 heteroatoms. The van der Waals surface area contributed by atoms with E-state index in [0.29, 0.717) is 24.6 Å². The fraction of sp³-hybridized carbons (Fsp3) is 0.429. The third-order valence-corrected chi connectivity index (χ3v) is 3.56. The molecule has 0 unspecified atom stereocenters. The second-order valence-electron chi connectivity index (χ2n) is 5.05. The van der Waals surface area contributed by atoms with E-state index in [-0.39, 0.29) is 11.2 Å². The van der Waals surface area contributed by atoms with Gasteiger partial charge in [0, 0.05) is 44.3 Å². The summed E-state index contributed by atoms with van der Waals surface area (Å²) in [5.41, 5.74) is 0.0923. The molecule has 0 aliphatic rings. The molecule has 2 aromatic rings. The van der Waals surface area contributed by atoms with E-state index in [9.17, 15) is 9.59 Å². The van der Waals surface area contributed by atoms with E-state index < -0.39 is 0 Å². The lowest BCUT2D eigenvalue weighted by Crippen LogP contribution is -2.38. The second-order valence-corrected chi connectivity index (χ2v) is 5.05. The Kier molecular flexibility index (Phi) is 4.92. The van der Waals surface area contributed by atoms with Crippen LogP contribution in [0.15, 0.2) is 33.2 Å². The minimum atomic E-state index is -0.291. The molecule has 118 valence electrons. The lowest BCUT2D eigenvalue weighted by atomic mass is 10.3. The first-order valence-corrected chi connectivity index (χ1v) is 7.00. The van der Waals surface area contributed by atoms with E-state index in [4.69, 9.17) is 5.21 Å². The molecular formula is C14H19N5O3. The average Bonchev–Trinajstić information content (AvgIpc) is 2.92. The molecule has 0 spiro atoms. The Labute approximate surface area is 127 Å². The van der Waals surface area contributed by atoms with Crippen molar-refractivity contribution in [2.24, 2.45) is 12.2 Å². The number of aromatic nitrogens is 4. The predicted octanol–water partition coefficient (Wildman–Crippen LogP) is 0.340. The van der Waals surface area contributed by atoms with Gasteiger partial charge in [-0.25, -0.2) is 9.78 Å². The number of hydrogen-bond acceptors (Lipinski definition) is 5. The third kappa shape index (κ3) is 3.33. The van der Waals surface area contributed by atoms with Crippen LogP contribution in [0.4, 0.5) is 0 Å². The van der Waals surface area contributed by atoms with Crippen molar-refractivity contribution in [1.82, 2.24) is 18.7 Å². The number of nitrogens with zero attached hydrogens (tertiary/aromatic N) is 5. The number of rotatable bonds is 6. The van der Waals surface area contributed by atoms with Crippen LogP contribution in [0.25, 0.3) is 0 Å². The number of aryl methyl sites for hydroxylation is 2. The zero-order valence-electron chi connectivity index (χ0n) is 12.6. The van der Waals surface area contributed by atoms with Gasteiger partial charge < -0.3 is 9.77 Å². The third-order valence-electron chi connectivity index (χ3n) is 3.56. The van der Waals surface area contributed by atoms with Gasteiger partial charge in [0.05, 0.1) is 0 Å². The van der Waals surface area contributed by atoms with E-state index in [1.54, 1.807) is 23.9 Å². The minimum absolute atomic E-state index is 0.287. The molecule has 0 aliphatic heterocycles. The van der Waals surface area contributed by atoms with Crippen LogP contribution in [-0.2, 0) is 20.1 Å². The van der Waals surface area contributed by atoms with Crippen LogP contribution in [0.1, 0.15) is 24.4 Å². The van der Waals surface area contributed by atoms with Crippen molar-refractivity contribution in [2.45, 2.75) is 32.9 Å². The van der Waals surface area contributed by atoms with E-state index in [0.717, 1.165) is 17.4 Å². The zero-order chi connectivity index (χ0) is 16.1. The summed E-state index contributed by atoms with van der Waals surface area (Å²) in [4.78, 5) is 27.6. The molecule has 22 heavy (non-hydrogen) atoms. The molecule has 0 saturated heterocycles. The Bertz CT molecular complexity index is 785. The van der Waals surface area contributed by atoms with Gasteiger partial charge in [0.1, 0.15) is 6.21 Å². The summed E-state index contributed by atoms with van der Waals surface area (Å²) in [5.74, 6) is 0.581. The van der Waals surface area contributed by atoms with E-state index in [1.165, 1.54) is 19.3 Å². The zero-order valence-corrected chi connectivity index (χ0v) is 12.6. The number of unbranched alkanes of at least 4 members (excludes halogenated alkanes) is 1. The molecule has 0 radical (unpaired) electrons. The Morgan fingerprint density at radius 3 is 2.77 bits per heavy atom. The maximum absolute atomic E-state index is 12.0. The highest BCUT2D eigenvalue weighted by Gasteiger charge is 2.06. The molecule has 0 bridgehead atoms. The first kappa shape index (κ1) is 15.7. The lowest BCUT2D eigenvalue weighted by molar-refractivity contribution is 0.321. The standard InChI is InChI=1S/C14H19N5O3/c1-11-9-13(20)17(2)14(21)19(11)7-4-3-6-18-8-5-15-12(18)10-16-22/h5,8-10,22H,3-4,6-7H2,1-2H3/b16-10+. The van der Waals surface area contributed by atoms with Crippen LogP contribution in [0.2, 0.25) is 0 Å². The fourth-order valence-corrected chi connectivity index (χ4v) is 2.29. The van der Waals surface area contributed by atoms with Crippen molar-refractivity contribution in [3.8, 4) is 0 Å². The molecule has 1 N–H and O–H groups in total. The summed E-state index contributed by atoms with van der Waals surface area (Å²) >= 11 is 0. The van der Waals surface area contributed by atoms with Crippen molar-refractivity contribution in [3.63, 3.8) is 0 Å². The van der Waals surface area contributed by atoms with Crippen molar-refractivity contribution < 1.29 is 5.21 Å². The molecule has 0 atom stereocenters. The van der Waals surface area contributed by atoms with Crippen LogP contribution in [0.5, 0.6) is 0 Å². The van der Waals surface area contributed by atoms with Gasteiger partial charge in [0.15, 0.2) is 5.82 Å². The lowest BCUT2D eigenvalue weighted by Gasteiger charge is -2.11. The molecule has 0 saturated carbocycles. The highest BCUT2D eigenvalue weighted by molar-refractivity contribution is 5.74. The van der Waals surface area contributed by atoms with Crippen LogP contribution in [0.3, 0.4) is 0 Å². The summed E-state index contributed by atoms with van der Waals surface area (Å²) < 4.78 is 4.58. The Hall–Kier alpha value is -2.64. The van der Waals surface area contributed by atoms with Crippen molar-refractivity contribution >= 4 is 6.21 Å². The van der Waals surface area contributed by atoms with Gasteiger partial charge in [-0.2, -0.15) is 0 Å². The van der Waals surface area contributed by atoms with Crippen LogP contribution < -0.4 is 11.2 Å². The molecule has 2 rings (SSSR count). The normalized spacial score (nSPS) is 11.4. The number of imidazole rings is 1. The monoisotopic (exact) mass is 305 g/mol. The van der Waals surface area contributed by atoms with Gasteiger partial charge in [-0.05, 0) is 19.8 Å². The minimum Gasteiger partial charge on any atom is -0.411 e. The highest BCUT2D eigenvalue weighted by Crippen LogP contribution is 2.02. The molecular weight excluding hydrogens is 286 g/mol. The second kappa shape index (κ2) is 6.88. The predicted molar refractivity (Wildman–Crippen MR) is 81.5 cm³/mol. The Morgan fingerprint density at radius 1 is 1.32 bits per heavy atom. The van der Waals surface area contributed by atoms with Crippen molar-refractivity contribution in [1.29, 1.82) is 0 Å². The number of oxime groups is 1. The summed E-state index contributed by atoms with van der Waals surface area (Å²) in [6.45, 7) is 3.02. The maximum Gasteiger partial charge on any atom is 0.330 e. The summed E-state index contributed by atoms with van der Waals surface area (Å²) in [7, 11) is 1.48. The smallest absolute Gasteiger partial charge is 0.330 e. The average molecular weight is 305 g/mol. The Balaban J connectivity index is 1.98. The van der Waals surface area contributed by atoms with Crippen LogP contribution >= 0.6 is 0 Å². The Morgan fingerprint density at radius 2 is 2.05 bits per heavy atom. The van der Waals surface area contributed by atoms with Gasteiger partial charge in [-0.3, -0.25) is 13.9 Å². The van der Waals surface area contributed by atoms with Crippen molar-refractivity contribution in [3.05, 3.63) is 50.8 Å². The van der Waals surface area contributed by atoms with Crippen LogP contribution in [-0.4, -0.2) is 30.1 Å². The molecule has 0 aliphatic carbocycles. The topological polar surface area (TPSA) is 94.4 Å². The molecule has 0 fully saturated rings. The van der Waals surface area contributed by atoms with Gasteiger partial charge in [0.25, 0.3) is 5.56 Å². The molecule has 2 heterocycles. The first-order valence-electron chi connectivity index (χ1n) is 7.00. The van der Waals surface area contributed by atoms with E-state index in [2.05, 4.69) is 10.1 Å². The van der Waals surface area contributed by atoms with Gasteiger partial charge in [-0.1, -0.05) is 5.16 Å².